The van der Waals surface area contributed by atoms with Crippen LogP contribution in [0.15, 0.2) is 30.3 Å². The summed E-state index contributed by atoms with van der Waals surface area (Å²) in [6.45, 7) is 3.80. The molecule has 0 fully saturated rings. The van der Waals surface area contributed by atoms with Crippen molar-refractivity contribution in [2.75, 3.05) is 5.73 Å². The Labute approximate surface area is 121 Å². The molecule has 0 aliphatic carbocycles. The SMILES string of the molecule is Cc1cccc(N)c1C(=O)NC(C)c1ccc(Cl)s1. The first-order valence-electron chi connectivity index (χ1n) is 5.90. The number of anilines is 1. The fourth-order valence-corrected chi connectivity index (χ4v) is 2.96. The molecule has 0 saturated carbocycles. The van der Waals surface area contributed by atoms with Crippen LogP contribution in [0.4, 0.5) is 5.69 Å². The van der Waals surface area contributed by atoms with Crippen molar-refractivity contribution in [2.45, 2.75) is 19.9 Å². The van der Waals surface area contributed by atoms with E-state index in [9.17, 15) is 4.79 Å². The standard InChI is InChI=1S/C14H15ClN2OS/c1-8-4-3-5-10(16)13(8)14(18)17-9(2)11-6-7-12(15)19-11/h3-7,9H,16H2,1-2H3,(H,17,18). The molecular formula is C14H15ClN2OS. The maximum Gasteiger partial charge on any atom is 0.254 e. The van der Waals surface area contributed by atoms with E-state index < -0.39 is 0 Å². The first kappa shape index (κ1) is 13.9. The average Bonchev–Trinajstić information content (AvgIpc) is 2.75. The van der Waals surface area contributed by atoms with Crippen molar-refractivity contribution < 1.29 is 4.79 Å². The topological polar surface area (TPSA) is 55.1 Å². The van der Waals surface area contributed by atoms with Crippen molar-refractivity contribution in [1.82, 2.24) is 5.32 Å². The Hall–Kier alpha value is -1.52. The lowest BCUT2D eigenvalue weighted by Gasteiger charge is -2.14. The molecule has 0 bridgehead atoms. The summed E-state index contributed by atoms with van der Waals surface area (Å²) in [4.78, 5) is 13.3. The number of hydrogen-bond acceptors (Lipinski definition) is 3. The van der Waals surface area contributed by atoms with Gasteiger partial charge >= 0.3 is 0 Å². The van der Waals surface area contributed by atoms with Gasteiger partial charge in [0, 0.05) is 10.6 Å². The fourth-order valence-electron chi connectivity index (χ4n) is 1.90. The van der Waals surface area contributed by atoms with E-state index in [0.717, 1.165) is 10.4 Å². The number of benzene rings is 1. The largest absolute Gasteiger partial charge is 0.398 e. The average molecular weight is 295 g/mol. The normalized spacial score (nSPS) is 12.2. The highest BCUT2D eigenvalue weighted by Crippen LogP contribution is 2.27. The molecule has 1 aromatic heterocycles. The van der Waals surface area contributed by atoms with E-state index in [1.165, 1.54) is 11.3 Å². The van der Waals surface area contributed by atoms with Crippen molar-refractivity contribution in [1.29, 1.82) is 0 Å². The van der Waals surface area contributed by atoms with Crippen LogP contribution in [0.5, 0.6) is 0 Å². The van der Waals surface area contributed by atoms with Crippen LogP contribution in [0.1, 0.15) is 33.8 Å². The van der Waals surface area contributed by atoms with Crippen LogP contribution in [0, 0.1) is 6.92 Å². The van der Waals surface area contributed by atoms with Crippen molar-refractivity contribution in [3.05, 3.63) is 50.7 Å². The summed E-state index contributed by atoms with van der Waals surface area (Å²) in [6.07, 6.45) is 0. The number of aryl methyl sites for hydroxylation is 1. The number of carbonyl (C=O) groups is 1. The maximum absolute atomic E-state index is 12.3. The number of nitrogens with one attached hydrogen (secondary N) is 1. The number of hydrogen-bond donors (Lipinski definition) is 2. The van der Waals surface area contributed by atoms with Crippen molar-refractivity contribution in [2.24, 2.45) is 0 Å². The zero-order chi connectivity index (χ0) is 14.0. The number of thiophene rings is 1. The van der Waals surface area contributed by atoms with Crippen LogP contribution in [0.25, 0.3) is 0 Å². The Bertz CT molecular complexity index is 589. The van der Waals surface area contributed by atoms with Gasteiger partial charge in [0.2, 0.25) is 0 Å². The van der Waals surface area contributed by atoms with Crippen LogP contribution in [0.3, 0.4) is 0 Å². The molecule has 100 valence electrons. The second-order valence-corrected chi connectivity index (χ2v) is 6.12. The Balaban J connectivity index is 2.17. The lowest BCUT2D eigenvalue weighted by atomic mass is 10.1. The summed E-state index contributed by atoms with van der Waals surface area (Å²) in [5, 5.41) is 2.94. The van der Waals surface area contributed by atoms with Gasteiger partial charge < -0.3 is 11.1 Å². The number of amides is 1. The quantitative estimate of drug-likeness (QED) is 0.846. The molecule has 0 saturated heterocycles. The van der Waals surface area contributed by atoms with E-state index in [4.69, 9.17) is 17.3 Å². The minimum atomic E-state index is -0.160. The van der Waals surface area contributed by atoms with Gasteiger partial charge in [0.1, 0.15) is 0 Å². The number of halogens is 1. The predicted octanol–water partition coefficient (Wildman–Crippen LogP) is 3.78. The van der Waals surface area contributed by atoms with Crippen molar-refractivity contribution in [3.8, 4) is 0 Å². The molecule has 0 radical (unpaired) electrons. The molecule has 3 nitrogen and oxygen atoms in total. The molecule has 1 unspecified atom stereocenters. The van der Waals surface area contributed by atoms with Crippen LogP contribution in [-0.4, -0.2) is 5.91 Å². The molecule has 1 aromatic carbocycles. The van der Waals surface area contributed by atoms with Gasteiger partial charge in [-0.15, -0.1) is 11.3 Å². The summed E-state index contributed by atoms with van der Waals surface area (Å²) in [6, 6.07) is 9.09. The van der Waals surface area contributed by atoms with Crippen LogP contribution >= 0.6 is 22.9 Å². The fraction of sp³-hybridized carbons (Fsp3) is 0.214. The van der Waals surface area contributed by atoms with Crippen molar-refractivity contribution >= 4 is 34.5 Å². The third-order valence-electron chi connectivity index (χ3n) is 2.90. The van der Waals surface area contributed by atoms with Gasteiger partial charge in [-0.25, -0.2) is 0 Å². The molecule has 0 aliphatic rings. The number of carbonyl (C=O) groups excluding carboxylic acids is 1. The van der Waals surface area contributed by atoms with Gasteiger partial charge in [-0.1, -0.05) is 23.7 Å². The van der Waals surface area contributed by atoms with E-state index >= 15 is 0 Å². The summed E-state index contributed by atoms with van der Waals surface area (Å²) >= 11 is 7.36. The molecule has 0 aliphatic heterocycles. The first-order chi connectivity index (χ1) is 8.99. The Morgan fingerprint density at radius 1 is 1.37 bits per heavy atom. The van der Waals surface area contributed by atoms with Crippen LogP contribution in [-0.2, 0) is 0 Å². The zero-order valence-electron chi connectivity index (χ0n) is 10.7. The highest BCUT2D eigenvalue weighted by Gasteiger charge is 2.16. The van der Waals surface area contributed by atoms with E-state index in [0.29, 0.717) is 15.6 Å². The van der Waals surface area contributed by atoms with Crippen molar-refractivity contribution in [3.63, 3.8) is 0 Å². The van der Waals surface area contributed by atoms with Gasteiger partial charge in [0.25, 0.3) is 5.91 Å². The molecule has 5 heteroatoms. The van der Waals surface area contributed by atoms with Gasteiger partial charge in [-0.2, -0.15) is 0 Å². The van der Waals surface area contributed by atoms with Gasteiger partial charge in [-0.05, 0) is 37.6 Å². The van der Waals surface area contributed by atoms with E-state index in [1.54, 1.807) is 6.07 Å². The van der Waals surface area contributed by atoms with Gasteiger partial charge in [0.05, 0.1) is 15.9 Å². The number of rotatable bonds is 3. The molecule has 2 rings (SSSR count). The first-order valence-corrected chi connectivity index (χ1v) is 7.09. The summed E-state index contributed by atoms with van der Waals surface area (Å²) in [7, 11) is 0. The molecule has 19 heavy (non-hydrogen) atoms. The lowest BCUT2D eigenvalue weighted by molar-refractivity contribution is 0.0941. The molecule has 0 spiro atoms. The summed E-state index contributed by atoms with van der Waals surface area (Å²) in [5.74, 6) is -0.160. The Kier molecular flexibility index (Phi) is 4.12. The predicted molar refractivity (Wildman–Crippen MR) is 80.8 cm³/mol. The van der Waals surface area contributed by atoms with E-state index in [2.05, 4.69) is 5.32 Å². The highest BCUT2D eigenvalue weighted by molar-refractivity contribution is 7.16. The third kappa shape index (κ3) is 3.08. The van der Waals surface area contributed by atoms with Gasteiger partial charge in [0.15, 0.2) is 0 Å². The van der Waals surface area contributed by atoms with Gasteiger partial charge in [-0.3, -0.25) is 4.79 Å². The highest BCUT2D eigenvalue weighted by atomic mass is 35.5. The lowest BCUT2D eigenvalue weighted by Crippen LogP contribution is -2.27. The molecule has 3 N–H and O–H groups in total. The van der Waals surface area contributed by atoms with Crippen LogP contribution < -0.4 is 11.1 Å². The smallest absolute Gasteiger partial charge is 0.254 e. The third-order valence-corrected chi connectivity index (χ3v) is 4.31. The molecule has 2 aromatic rings. The van der Waals surface area contributed by atoms with E-state index in [-0.39, 0.29) is 11.9 Å². The molecule has 1 amide bonds. The minimum Gasteiger partial charge on any atom is -0.398 e. The molecule has 1 heterocycles. The Morgan fingerprint density at radius 3 is 2.68 bits per heavy atom. The zero-order valence-corrected chi connectivity index (χ0v) is 12.3. The van der Waals surface area contributed by atoms with E-state index in [1.807, 2.05) is 38.1 Å². The molecule has 1 atom stereocenters. The minimum absolute atomic E-state index is 0.0935. The second kappa shape index (κ2) is 5.63. The summed E-state index contributed by atoms with van der Waals surface area (Å²) in [5.41, 5.74) is 7.76. The second-order valence-electron chi connectivity index (χ2n) is 4.38. The molecular weight excluding hydrogens is 280 g/mol. The Morgan fingerprint density at radius 2 is 2.11 bits per heavy atom. The van der Waals surface area contributed by atoms with Crippen LogP contribution in [0.2, 0.25) is 4.34 Å². The number of nitrogens with two attached hydrogens (primary N) is 1. The monoisotopic (exact) mass is 294 g/mol. The summed E-state index contributed by atoms with van der Waals surface area (Å²) < 4.78 is 0.714. The number of nitrogen functional groups attached to an aromatic ring is 1. The maximum atomic E-state index is 12.3.